The summed E-state index contributed by atoms with van der Waals surface area (Å²) in [6, 6.07) is 0. The van der Waals surface area contributed by atoms with Crippen LogP contribution in [0.1, 0.15) is 39.5 Å². The van der Waals surface area contributed by atoms with Gasteiger partial charge in [0, 0.05) is 40.5 Å². The van der Waals surface area contributed by atoms with Crippen molar-refractivity contribution in [2.45, 2.75) is 45.6 Å². The van der Waals surface area contributed by atoms with Crippen molar-refractivity contribution in [3.05, 3.63) is 0 Å². The monoisotopic (exact) mass is 287 g/mol. The average molecular weight is 287 g/mol. The standard InChI is InChI=1S/C16H33NO3/c1-16(2)8-5-7-14(15(16)18)13-17(10-12-20-4)9-6-11-19-3/h14-15,18H,5-13H2,1-4H3. The van der Waals surface area contributed by atoms with Crippen LogP contribution < -0.4 is 0 Å². The van der Waals surface area contributed by atoms with E-state index in [-0.39, 0.29) is 11.5 Å². The molecule has 1 aliphatic carbocycles. The van der Waals surface area contributed by atoms with Gasteiger partial charge in [0.15, 0.2) is 0 Å². The lowest BCUT2D eigenvalue weighted by Crippen LogP contribution is -2.45. The third-order valence-electron chi connectivity index (χ3n) is 4.57. The zero-order chi connectivity index (χ0) is 15.0. The second kappa shape index (κ2) is 8.98. The highest BCUT2D eigenvalue weighted by Crippen LogP contribution is 2.39. The van der Waals surface area contributed by atoms with Gasteiger partial charge in [0.25, 0.3) is 0 Å². The average Bonchev–Trinajstić information content (AvgIpc) is 2.41. The summed E-state index contributed by atoms with van der Waals surface area (Å²) in [6.07, 6.45) is 4.34. The number of hydrogen-bond acceptors (Lipinski definition) is 4. The molecule has 120 valence electrons. The van der Waals surface area contributed by atoms with E-state index in [0.717, 1.165) is 52.1 Å². The normalized spacial score (nSPS) is 26.1. The maximum Gasteiger partial charge on any atom is 0.0631 e. The Kier molecular flexibility index (Phi) is 8.03. The Labute approximate surface area is 124 Å². The summed E-state index contributed by atoms with van der Waals surface area (Å²) in [6.45, 7) is 8.84. The number of aliphatic hydroxyl groups excluding tert-OH is 1. The molecular weight excluding hydrogens is 254 g/mol. The molecule has 0 amide bonds. The number of rotatable bonds is 9. The first kappa shape index (κ1) is 17.9. The van der Waals surface area contributed by atoms with Crippen molar-refractivity contribution in [3.63, 3.8) is 0 Å². The first-order valence-corrected chi connectivity index (χ1v) is 7.89. The lowest BCUT2D eigenvalue weighted by atomic mass is 9.69. The molecule has 0 aromatic rings. The van der Waals surface area contributed by atoms with Crippen molar-refractivity contribution in [1.29, 1.82) is 0 Å². The first-order valence-electron chi connectivity index (χ1n) is 7.89. The lowest BCUT2D eigenvalue weighted by Gasteiger charge is -2.42. The molecule has 4 nitrogen and oxygen atoms in total. The van der Waals surface area contributed by atoms with Crippen LogP contribution in [-0.2, 0) is 9.47 Å². The van der Waals surface area contributed by atoms with Gasteiger partial charge in [-0.05, 0) is 30.6 Å². The maximum absolute atomic E-state index is 10.6. The molecule has 0 aromatic heterocycles. The Balaban J connectivity index is 2.49. The van der Waals surface area contributed by atoms with Gasteiger partial charge in [0.2, 0.25) is 0 Å². The van der Waals surface area contributed by atoms with Crippen LogP contribution in [0.5, 0.6) is 0 Å². The Hall–Kier alpha value is -0.160. The van der Waals surface area contributed by atoms with E-state index in [9.17, 15) is 5.11 Å². The highest BCUT2D eigenvalue weighted by molar-refractivity contribution is 4.89. The summed E-state index contributed by atoms with van der Waals surface area (Å²) < 4.78 is 10.3. The molecule has 1 fully saturated rings. The van der Waals surface area contributed by atoms with E-state index in [1.807, 2.05) is 0 Å². The molecule has 1 N–H and O–H groups in total. The Bertz CT molecular complexity index is 258. The predicted molar refractivity (Wildman–Crippen MR) is 81.9 cm³/mol. The van der Waals surface area contributed by atoms with Crippen molar-refractivity contribution >= 4 is 0 Å². The summed E-state index contributed by atoms with van der Waals surface area (Å²) in [5.41, 5.74) is 0.0579. The quantitative estimate of drug-likeness (QED) is 0.660. The summed E-state index contributed by atoms with van der Waals surface area (Å²) in [7, 11) is 3.48. The molecule has 20 heavy (non-hydrogen) atoms. The SMILES string of the molecule is COCCCN(CCOC)CC1CCCC(C)(C)C1O. The van der Waals surface area contributed by atoms with Crippen molar-refractivity contribution in [2.24, 2.45) is 11.3 Å². The van der Waals surface area contributed by atoms with E-state index >= 15 is 0 Å². The topological polar surface area (TPSA) is 41.9 Å². The van der Waals surface area contributed by atoms with Gasteiger partial charge < -0.3 is 19.5 Å². The van der Waals surface area contributed by atoms with Crippen molar-refractivity contribution < 1.29 is 14.6 Å². The molecular formula is C16H33NO3. The Morgan fingerprint density at radius 1 is 1.15 bits per heavy atom. The highest BCUT2D eigenvalue weighted by atomic mass is 16.5. The van der Waals surface area contributed by atoms with E-state index in [0.29, 0.717) is 5.92 Å². The summed E-state index contributed by atoms with van der Waals surface area (Å²) in [4.78, 5) is 2.41. The van der Waals surface area contributed by atoms with E-state index in [1.54, 1.807) is 14.2 Å². The summed E-state index contributed by atoms with van der Waals surface area (Å²) in [5.74, 6) is 0.387. The molecule has 1 aliphatic rings. The summed E-state index contributed by atoms with van der Waals surface area (Å²) in [5, 5.41) is 10.6. The van der Waals surface area contributed by atoms with Crippen LogP contribution in [0.2, 0.25) is 0 Å². The molecule has 0 spiro atoms. The predicted octanol–water partition coefficient (Wildman–Crippen LogP) is 2.16. The molecule has 0 heterocycles. The number of nitrogens with zero attached hydrogens (tertiary/aromatic N) is 1. The minimum atomic E-state index is -0.191. The van der Waals surface area contributed by atoms with Gasteiger partial charge in [0.05, 0.1) is 12.7 Å². The molecule has 0 saturated heterocycles. The van der Waals surface area contributed by atoms with Gasteiger partial charge in [-0.15, -0.1) is 0 Å². The molecule has 4 heteroatoms. The van der Waals surface area contributed by atoms with Gasteiger partial charge in [-0.3, -0.25) is 0 Å². The maximum atomic E-state index is 10.6. The second-order valence-corrected chi connectivity index (χ2v) is 6.73. The first-order chi connectivity index (χ1) is 9.51. The lowest BCUT2D eigenvalue weighted by molar-refractivity contribution is -0.0448. The highest BCUT2D eigenvalue weighted by Gasteiger charge is 2.38. The van der Waals surface area contributed by atoms with Gasteiger partial charge >= 0.3 is 0 Å². The number of ether oxygens (including phenoxy) is 2. The van der Waals surface area contributed by atoms with Crippen LogP contribution in [0.3, 0.4) is 0 Å². The zero-order valence-corrected chi connectivity index (χ0v) is 13.7. The third kappa shape index (κ3) is 5.68. The van der Waals surface area contributed by atoms with Crippen molar-refractivity contribution in [3.8, 4) is 0 Å². The molecule has 2 atom stereocenters. The van der Waals surface area contributed by atoms with Gasteiger partial charge in [0.1, 0.15) is 0 Å². The van der Waals surface area contributed by atoms with E-state index in [2.05, 4.69) is 18.7 Å². The van der Waals surface area contributed by atoms with Crippen LogP contribution in [0.15, 0.2) is 0 Å². The van der Waals surface area contributed by atoms with Crippen LogP contribution in [0, 0.1) is 11.3 Å². The van der Waals surface area contributed by atoms with Crippen LogP contribution in [0.4, 0.5) is 0 Å². The molecule has 0 aliphatic heterocycles. The van der Waals surface area contributed by atoms with Crippen molar-refractivity contribution in [2.75, 3.05) is 47.1 Å². The van der Waals surface area contributed by atoms with E-state index in [1.165, 1.54) is 6.42 Å². The zero-order valence-electron chi connectivity index (χ0n) is 13.7. The van der Waals surface area contributed by atoms with Crippen LogP contribution >= 0.6 is 0 Å². The van der Waals surface area contributed by atoms with Gasteiger partial charge in [-0.1, -0.05) is 20.3 Å². The molecule has 0 bridgehead atoms. The smallest absolute Gasteiger partial charge is 0.0631 e. The number of hydrogen-bond donors (Lipinski definition) is 1. The fraction of sp³-hybridized carbons (Fsp3) is 1.00. The Morgan fingerprint density at radius 3 is 2.50 bits per heavy atom. The molecule has 1 saturated carbocycles. The summed E-state index contributed by atoms with van der Waals surface area (Å²) >= 11 is 0. The van der Waals surface area contributed by atoms with E-state index in [4.69, 9.17) is 9.47 Å². The largest absolute Gasteiger partial charge is 0.392 e. The van der Waals surface area contributed by atoms with E-state index < -0.39 is 0 Å². The van der Waals surface area contributed by atoms with Crippen LogP contribution in [0.25, 0.3) is 0 Å². The van der Waals surface area contributed by atoms with Gasteiger partial charge in [-0.25, -0.2) is 0 Å². The van der Waals surface area contributed by atoms with Gasteiger partial charge in [-0.2, -0.15) is 0 Å². The molecule has 0 radical (unpaired) electrons. The minimum Gasteiger partial charge on any atom is -0.392 e. The van der Waals surface area contributed by atoms with Crippen LogP contribution in [-0.4, -0.2) is 63.2 Å². The molecule has 1 rings (SSSR count). The second-order valence-electron chi connectivity index (χ2n) is 6.73. The minimum absolute atomic E-state index is 0.0579. The van der Waals surface area contributed by atoms with Crippen molar-refractivity contribution in [1.82, 2.24) is 4.90 Å². The number of aliphatic hydroxyl groups is 1. The fourth-order valence-corrected chi connectivity index (χ4v) is 3.23. The molecule has 0 aromatic carbocycles. The Morgan fingerprint density at radius 2 is 1.85 bits per heavy atom. The third-order valence-corrected chi connectivity index (χ3v) is 4.57. The number of methoxy groups -OCH3 is 2. The fourth-order valence-electron chi connectivity index (χ4n) is 3.23. The molecule has 2 unspecified atom stereocenters.